The maximum atomic E-state index is 12.4. The lowest BCUT2D eigenvalue weighted by atomic mass is 10.1. The van der Waals surface area contributed by atoms with Crippen LogP contribution in [0.15, 0.2) is 78.9 Å². The summed E-state index contributed by atoms with van der Waals surface area (Å²) in [4.78, 5) is 14.7. The first-order valence-corrected chi connectivity index (χ1v) is 11.1. The Morgan fingerprint density at radius 1 is 0.969 bits per heavy atom. The summed E-state index contributed by atoms with van der Waals surface area (Å²) in [6.07, 6.45) is 2.29. The molecule has 0 saturated carbocycles. The summed E-state index contributed by atoms with van der Waals surface area (Å²) < 4.78 is 11.4. The molecule has 0 radical (unpaired) electrons. The molecule has 3 aromatic carbocycles. The number of nitrogens with one attached hydrogen (secondary N) is 1. The van der Waals surface area contributed by atoms with E-state index in [0.29, 0.717) is 17.9 Å². The van der Waals surface area contributed by atoms with Gasteiger partial charge in [0.15, 0.2) is 11.5 Å². The van der Waals surface area contributed by atoms with Gasteiger partial charge >= 0.3 is 0 Å². The third-order valence-electron chi connectivity index (χ3n) is 5.72. The number of hydrogen-bond acceptors (Lipinski definition) is 4. The van der Waals surface area contributed by atoms with Gasteiger partial charge in [-0.05, 0) is 48.2 Å². The average molecular weight is 431 g/mol. The Labute approximate surface area is 190 Å². The van der Waals surface area contributed by atoms with Crippen LogP contribution in [0.1, 0.15) is 24.0 Å². The highest BCUT2D eigenvalue weighted by Gasteiger charge is 2.23. The van der Waals surface area contributed by atoms with E-state index in [-0.39, 0.29) is 11.9 Å². The monoisotopic (exact) mass is 430 g/mol. The van der Waals surface area contributed by atoms with Crippen LogP contribution in [-0.4, -0.2) is 37.0 Å². The zero-order chi connectivity index (χ0) is 22.2. The molecule has 1 heterocycles. The fourth-order valence-corrected chi connectivity index (χ4v) is 4.09. The van der Waals surface area contributed by atoms with Crippen molar-refractivity contribution in [2.24, 2.45) is 0 Å². The number of amides is 1. The molecule has 32 heavy (non-hydrogen) atoms. The van der Waals surface area contributed by atoms with E-state index in [2.05, 4.69) is 34.5 Å². The Balaban J connectivity index is 1.26. The molecule has 4 rings (SSSR count). The van der Waals surface area contributed by atoms with E-state index >= 15 is 0 Å². The lowest BCUT2D eigenvalue weighted by Gasteiger charge is -2.17. The van der Waals surface area contributed by atoms with Crippen LogP contribution in [0.4, 0.5) is 0 Å². The fourth-order valence-electron chi connectivity index (χ4n) is 4.09. The molecule has 1 aliphatic rings. The first kappa shape index (κ1) is 21.9. The Morgan fingerprint density at radius 2 is 1.72 bits per heavy atom. The van der Waals surface area contributed by atoms with Gasteiger partial charge in [-0.1, -0.05) is 54.6 Å². The minimum Gasteiger partial charge on any atom is -0.493 e. The molecule has 1 atom stereocenters. The number of carbonyl (C=O) groups is 1. The SMILES string of the molecule is COc1ccccc1Oc1cccc(CN2CCC(NC(=O)CCc3ccccc3)C2)c1. The van der Waals surface area contributed by atoms with E-state index in [1.807, 2.05) is 54.6 Å². The molecule has 1 N–H and O–H groups in total. The Kier molecular flexibility index (Phi) is 7.41. The molecule has 5 nitrogen and oxygen atoms in total. The molecule has 0 bridgehead atoms. The second-order valence-corrected chi connectivity index (χ2v) is 8.17. The van der Waals surface area contributed by atoms with E-state index in [1.54, 1.807) is 7.11 Å². The number of methoxy groups -OCH3 is 1. The van der Waals surface area contributed by atoms with Crippen molar-refractivity contribution in [3.8, 4) is 17.2 Å². The van der Waals surface area contributed by atoms with Gasteiger partial charge < -0.3 is 14.8 Å². The molecule has 1 aliphatic heterocycles. The van der Waals surface area contributed by atoms with Crippen molar-refractivity contribution in [3.63, 3.8) is 0 Å². The first-order chi connectivity index (χ1) is 15.7. The van der Waals surface area contributed by atoms with Gasteiger partial charge in [-0.3, -0.25) is 9.69 Å². The van der Waals surface area contributed by atoms with Crippen molar-refractivity contribution in [3.05, 3.63) is 90.0 Å². The third kappa shape index (κ3) is 6.11. The summed E-state index contributed by atoms with van der Waals surface area (Å²) in [7, 11) is 1.64. The van der Waals surface area contributed by atoms with Crippen molar-refractivity contribution in [1.29, 1.82) is 0 Å². The van der Waals surface area contributed by atoms with E-state index in [4.69, 9.17) is 9.47 Å². The molecule has 0 aliphatic carbocycles. The summed E-state index contributed by atoms with van der Waals surface area (Å²) in [6.45, 7) is 2.68. The quantitative estimate of drug-likeness (QED) is 0.529. The van der Waals surface area contributed by atoms with E-state index < -0.39 is 0 Å². The van der Waals surface area contributed by atoms with Gasteiger partial charge in [0, 0.05) is 32.1 Å². The molecule has 166 valence electrons. The van der Waals surface area contributed by atoms with Crippen LogP contribution >= 0.6 is 0 Å². The van der Waals surface area contributed by atoms with Crippen LogP contribution in [-0.2, 0) is 17.8 Å². The summed E-state index contributed by atoms with van der Waals surface area (Å²) in [5, 5.41) is 3.20. The smallest absolute Gasteiger partial charge is 0.220 e. The fraction of sp³-hybridized carbons (Fsp3) is 0.296. The molecule has 0 aromatic heterocycles. The lowest BCUT2D eigenvalue weighted by Crippen LogP contribution is -2.37. The number of hydrogen-bond donors (Lipinski definition) is 1. The standard InChI is InChI=1S/C27H30N2O3/c1-31-25-12-5-6-13-26(25)32-24-11-7-10-22(18-24)19-29-17-16-23(20-29)28-27(30)15-14-21-8-3-2-4-9-21/h2-13,18,23H,14-17,19-20H2,1H3,(H,28,30). The summed E-state index contributed by atoms with van der Waals surface area (Å²) in [5.41, 5.74) is 2.39. The van der Waals surface area contributed by atoms with Gasteiger partial charge in [0.1, 0.15) is 5.75 Å². The number of aryl methyl sites for hydroxylation is 1. The molecular weight excluding hydrogens is 400 g/mol. The molecule has 1 fully saturated rings. The predicted octanol–water partition coefficient (Wildman–Crippen LogP) is 4.81. The Morgan fingerprint density at radius 3 is 2.53 bits per heavy atom. The number of rotatable bonds is 9. The van der Waals surface area contributed by atoms with Crippen molar-refractivity contribution < 1.29 is 14.3 Å². The van der Waals surface area contributed by atoms with Crippen molar-refractivity contribution in [2.75, 3.05) is 20.2 Å². The van der Waals surface area contributed by atoms with Crippen LogP contribution in [0.25, 0.3) is 0 Å². The Hall–Kier alpha value is -3.31. The number of ether oxygens (including phenoxy) is 2. The molecule has 3 aromatic rings. The maximum absolute atomic E-state index is 12.4. The largest absolute Gasteiger partial charge is 0.493 e. The van der Waals surface area contributed by atoms with Crippen molar-refractivity contribution in [1.82, 2.24) is 10.2 Å². The molecule has 1 unspecified atom stereocenters. The lowest BCUT2D eigenvalue weighted by molar-refractivity contribution is -0.121. The van der Waals surface area contributed by atoms with Gasteiger partial charge in [0.2, 0.25) is 5.91 Å². The molecule has 1 saturated heterocycles. The zero-order valence-electron chi connectivity index (χ0n) is 18.5. The zero-order valence-corrected chi connectivity index (χ0v) is 18.5. The van der Waals surface area contributed by atoms with Gasteiger partial charge in [-0.15, -0.1) is 0 Å². The maximum Gasteiger partial charge on any atom is 0.220 e. The summed E-state index contributed by atoms with van der Waals surface area (Å²) >= 11 is 0. The second kappa shape index (κ2) is 10.8. The van der Waals surface area contributed by atoms with Gasteiger partial charge in [-0.2, -0.15) is 0 Å². The normalized spacial score (nSPS) is 16.0. The van der Waals surface area contributed by atoms with Crippen molar-refractivity contribution in [2.45, 2.75) is 31.8 Å². The highest BCUT2D eigenvalue weighted by Crippen LogP contribution is 2.31. The van der Waals surface area contributed by atoms with Gasteiger partial charge in [0.25, 0.3) is 0 Å². The van der Waals surface area contributed by atoms with Crippen LogP contribution in [0, 0.1) is 0 Å². The summed E-state index contributed by atoms with van der Waals surface area (Å²) in [5.74, 6) is 2.33. The van der Waals surface area contributed by atoms with Gasteiger partial charge in [0.05, 0.1) is 7.11 Å². The van der Waals surface area contributed by atoms with E-state index in [1.165, 1.54) is 11.1 Å². The third-order valence-corrected chi connectivity index (χ3v) is 5.72. The van der Waals surface area contributed by atoms with Gasteiger partial charge in [-0.25, -0.2) is 0 Å². The van der Waals surface area contributed by atoms with Crippen LogP contribution in [0.3, 0.4) is 0 Å². The first-order valence-electron chi connectivity index (χ1n) is 11.1. The van der Waals surface area contributed by atoms with Crippen LogP contribution in [0.5, 0.6) is 17.2 Å². The molecule has 1 amide bonds. The number of para-hydroxylation sites is 2. The topological polar surface area (TPSA) is 50.8 Å². The highest BCUT2D eigenvalue weighted by molar-refractivity contribution is 5.76. The van der Waals surface area contributed by atoms with Crippen LogP contribution in [0.2, 0.25) is 0 Å². The Bertz CT molecular complexity index is 1020. The second-order valence-electron chi connectivity index (χ2n) is 8.17. The number of carbonyl (C=O) groups excluding carboxylic acids is 1. The molecular formula is C27H30N2O3. The molecule has 0 spiro atoms. The minimum absolute atomic E-state index is 0.132. The average Bonchev–Trinajstić information content (AvgIpc) is 3.25. The highest BCUT2D eigenvalue weighted by atomic mass is 16.5. The number of nitrogens with zero attached hydrogens (tertiary/aromatic N) is 1. The minimum atomic E-state index is 0.132. The number of likely N-dealkylation sites (tertiary alicyclic amines) is 1. The summed E-state index contributed by atoms with van der Waals surface area (Å²) in [6, 6.07) is 26.2. The predicted molar refractivity (Wildman–Crippen MR) is 126 cm³/mol. The van der Waals surface area contributed by atoms with E-state index in [0.717, 1.165) is 38.2 Å². The number of benzene rings is 3. The van der Waals surface area contributed by atoms with E-state index in [9.17, 15) is 4.79 Å². The van der Waals surface area contributed by atoms with Crippen LogP contribution < -0.4 is 14.8 Å². The van der Waals surface area contributed by atoms with Crippen molar-refractivity contribution >= 4 is 5.91 Å². The molecule has 5 heteroatoms.